The normalized spacial score (nSPS) is 13.3. The maximum Gasteiger partial charge on any atom is 0.251 e. The van der Waals surface area contributed by atoms with Crippen LogP contribution in [0.2, 0.25) is 0 Å². The third-order valence-electron chi connectivity index (χ3n) is 7.44. The van der Waals surface area contributed by atoms with Crippen molar-refractivity contribution in [2.75, 3.05) is 37.7 Å². The Balaban J connectivity index is 1.90. The second-order valence-electron chi connectivity index (χ2n) is 12.0. The molecular formula is C36H46N4O5S2. The zero-order valence-electron chi connectivity index (χ0n) is 27.9. The Morgan fingerprint density at radius 1 is 0.936 bits per heavy atom. The van der Waals surface area contributed by atoms with Crippen molar-refractivity contribution in [3.05, 3.63) is 124 Å². The third-order valence-corrected chi connectivity index (χ3v) is 9.69. The van der Waals surface area contributed by atoms with E-state index >= 15 is 0 Å². The highest BCUT2D eigenvalue weighted by molar-refractivity contribution is 8.05. The molecule has 3 N–H and O–H groups in total. The zero-order chi connectivity index (χ0) is 34.7. The van der Waals surface area contributed by atoms with Gasteiger partial charge in [0.05, 0.1) is 30.1 Å². The van der Waals surface area contributed by atoms with Crippen molar-refractivity contribution in [1.82, 2.24) is 15.5 Å². The van der Waals surface area contributed by atoms with Crippen molar-refractivity contribution in [2.24, 2.45) is 0 Å². The van der Waals surface area contributed by atoms with Crippen LogP contribution in [0, 0.1) is 0 Å². The molecule has 0 spiro atoms. The van der Waals surface area contributed by atoms with Crippen molar-refractivity contribution in [1.29, 1.82) is 0 Å². The SMILES string of the molecule is C=C(CN(C)CC(O)C(Cc1ccccc1)NC(=O)c1cc(C(=O)NC(C)c2ccccc2)cc(N(C)S(C)(=O)=O)c1)SC=C(C)C. The summed E-state index contributed by atoms with van der Waals surface area (Å²) in [7, 11) is -0.462. The highest BCUT2D eigenvalue weighted by Gasteiger charge is 2.26. The molecule has 252 valence electrons. The first-order chi connectivity index (χ1) is 22.1. The summed E-state index contributed by atoms with van der Waals surface area (Å²) < 4.78 is 25.9. The summed E-state index contributed by atoms with van der Waals surface area (Å²) in [6, 6.07) is 22.2. The number of thioether (sulfide) groups is 1. The Morgan fingerprint density at radius 2 is 1.49 bits per heavy atom. The average Bonchev–Trinajstić information content (AvgIpc) is 3.03. The Bertz CT molecular complexity index is 1660. The second kappa shape index (κ2) is 17.3. The van der Waals surface area contributed by atoms with Crippen LogP contribution in [0.15, 0.2) is 101 Å². The molecule has 3 aromatic carbocycles. The minimum Gasteiger partial charge on any atom is -0.390 e. The third kappa shape index (κ3) is 12.0. The van der Waals surface area contributed by atoms with Crippen molar-refractivity contribution >= 4 is 39.3 Å². The quantitative estimate of drug-likeness (QED) is 0.186. The van der Waals surface area contributed by atoms with Gasteiger partial charge in [-0.2, -0.15) is 0 Å². The standard InChI is InChI=1S/C36H46N4O5S2/c1-25(2)24-46-26(3)22-39(5)23-34(41)33(18-28-14-10-8-11-15-28)38-36(43)31-19-30(20-32(21-31)40(6)47(7,44)45)35(42)37-27(4)29-16-12-9-13-17-29/h8-17,19-21,24,27,33-34,41H,3,18,22-23H2,1-2,4-7H3,(H,37,42)(H,38,43). The average molecular weight is 679 g/mol. The second-order valence-corrected chi connectivity index (χ2v) is 15.1. The van der Waals surface area contributed by atoms with Crippen LogP contribution in [0.4, 0.5) is 5.69 Å². The van der Waals surface area contributed by atoms with E-state index in [-0.39, 0.29) is 29.4 Å². The Labute approximate surface area is 283 Å². The van der Waals surface area contributed by atoms with Crippen LogP contribution in [0.5, 0.6) is 0 Å². The van der Waals surface area contributed by atoms with E-state index in [0.717, 1.165) is 26.6 Å². The maximum absolute atomic E-state index is 13.8. The summed E-state index contributed by atoms with van der Waals surface area (Å²) >= 11 is 1.54. The fourth-order valence-corrected chi connectivity index (χ4v) is 5.99. The number of hydrogen-bond donors (Lipinski definition) is 3. The van der Waals surface area contributed by atoms with Gasteiger partial charge in [0, 0.05) is 31.3 Å². The summed E-state index contributed by atoms with van der Waals surface area (Å²) in [4.78, 5) is 30.1. The number of aliphatic hydroxyl groups excluding tert-OH is 1. The molecule has 9 nitrogen and oxygen atoms in total. The number of rotatable bonds is 16. The van der Waals surface area contributed by atoms with Crippen LogP contribution in [0.3, 0.4) is 0 Å². The van der Waals surface area contributed by atoms with Gasteiger partial charge in [0.15, 0.2) is 0 Å². The summed E-state index contributed by atoms with van der Waals surface area (Å²) in [5.74, 6) is -1.02. The van der Waals surface area contributed by atoms with Crippen LogP contribution >= 0.6 is 11.8 Å². The molecule has 0 aromatic heterocycles. The van der Waals surface area contributed by atoms with Crippen LogP contribution in [0.25, 0.3) is 0 Å². The van der Waals surface area contributed by atoms with Gasteiger partial charge in [-0.25, -0.2) is 8.42 Å². The van der Waals surface area contributed by atoms with Gasteiger partial charge in [-0.05, 0) is 73.9 Å². The molecule has 0 heterocycles. The Kier molecular flexibility index (Phi) is 13.8. The number of nitrogens with zero attached hydrogens (tertiary/aromatic N) is 2. The van der Waals surface area contributed by atoms with Crippen molar-refractivity contribution in [3.8, 4) is 0 Å². The Morgan fingerprint density at radius 3 is 2.04 bits per heavy atom. The predicted molar refractivity (Wildman–Crippen MR) is 193 cm³/mol. The van der Waals surface area contributed by atoms with Gasteiger partial charge in [-0.1, -0.05) is 72.8 Å². The van der Waals surface area contributed by atoms with Gasteiger partial charge >= 0.3 is 0 Å². The van der Waals surface area contributed by atoms with Crippen molar-refractivity contribution in [2.45, 2.75) is 45.4 Å². The number of hydrogen-bond acceptors (Lipinski definition) is 7. The lowest BCUT2D eigenvalue weighted by Gasteiger charge is -2.28. The summed E-state index contributed by atoms with van der Waals surface area (Å²) in [5, 5.41) is 19.3. The monoisotopic (exact) mass is 678 g/mol. The molecule has 0 aliphatic rings. The van der Waals surface area contributed by atoms with Gasteiger partial charge in [-0.15, -0.1) is 11.8 Å². The molecule has 0 saturated heterocycles. The molecule has 0 fully saturated rings. The number of anilines is 1. The number of carbonyl (C=O) groups excluding carboxylic acids is 2. The van der Waals surface area contributed by atoms with Crippen LogP contribution in [-0.2, 0) is 16.4 Å². The number of allylic oxidation sites excluding steroid dienone is 1. The first-order valence-corrected chi connectivity index (χ1v) is 18.0. The predicted octanol–water partition coefficient (Wildman–Crippen LogP) is 5.38. The largest absolute Gasteiger partial charge is 0.390 e. The van der Waals surface area contributed by atoms with Crippen molar-refractivity contribution < 1.29 is 23.1 Å². The van der Waals surface area contributed by atoms with E-state index in [0.29, 0.717) is 13.0 Å². The molecule has 0 bridgehead atoms. The number of amides is 2. The van der Waals surface area contributed by atoms with Gasteiger partial charge < -0.3 is 15.7 Å². The minimum atomic E-state index is -3.70. The molecule has 3 aromatic rings. The molecule has 2 amide bonds. The fourth-order valence-electron chi connectivity index (χ4n) is 4.81. The topological polar surface area (TPSA) is 119 Å². The maximum atomic E-state index is 13.8. The fraction of sp³-hybridized carbons (Fsp3) is 0.333. The summed E-state index contributed by atoms with van der Waals surface area (Å²) in [5.41, 5.74) is 3.35. The minimum absolute atomic E-state index is 0.0839. The number of aliphatic hydroxyl groups is 1. The first kappa shape index (κ1) is 37.6. The molecule has 11 heteroatoms. The highest BCUT2D eigenvalue weighted by atomic mass is 32.2. The van der Waals surface area contributed by atoms with Crippen LogP contribution in [0.1, 0.15) is 58.7 Å². The smallest absolute Gasteiger partial charge is 0.251 e. The molecule has 0 aliphatic heterocycles. The van der Waals surface area contributed by atoms with Crippen LogP contribution < -0.4 is 14.9 Å². The number of nitrogens with one attached hydrogen (secondary N) is 2. The van der Waals surface area contributed by atoms with Crippen molar-refractivity contribution in [3.63, 3.8) is 0 Å². The lowest BCUT2D eigenvalue weighted by atomic mass is 9.99. The number of benzene rings is 3. The van der Waals surface area contributed by atoms with Gasteiger partial charge in [0.25, 0.3) is 11.8 Å². The van der Waals surface area contributed by atoms with E-state index < -0.39 is 34.0 Å². The first-order valence-electron chi connectivity index (χ1n) is 15.3. The van der Waals surface area contributed by atoms with E-state index in [1.54, 1.807) is 11.8 Å². The molecule has 0 radical (unpaired) electrons. The lowest BCUT2D eigenvalue weighted by molar-refractivity contribution is 0.0739. The van der Waals surface area contributed by atoms with E-state index in [1.165, 1.54) is 30.8 Å². The van der Waals surface area contributed by atoms with Gasteiger partial charge in [-0.3, -0.25) is 18.8 Å². The zero-order valence-corrected chi connectivity index (χ0v) is 29.6. The highest BCUT2D eigenvalue weighted by Crippen LogP contribution is 2.23. The van der Waals surface area contributed by atoms with E-state index in [9.17, 15) is 23.1 Å². The van der Waals surface area contributed by atoms with E-state index in [4.69, 9.17) is 0 Å². The van der Waals surface area contributed by atoms with E-state index in [1.807, 2.05) is 98.8 Å². The molecule has 47 heavy (non-hydrogen) atoms. The molecule has 0 saturated carbocycles. The lowest BCUT2D eigenvalue weighted by Crippen LogP contribution is -2.49. The van der Waals surface area contributed by atoms with E-state index in [2.05, 4.69) is 17.2 Å². The van der Waals surface area contributed by atoms with Gasteiger partial charge in [0.2, 0.25) is 10.0 Å². The van der Waals surface area contributed by atoms with Crippen LogP contribution in [-0.4, -0.2) is 75.8 Å². The molecular weight excluding hydrogens is 633 g/mol. The Hall–Kier alpha value is -3.90. The summed E-state index contributed by atoms with van der Waals surface area (Å²) in [6.07, 6.45) is 0.439. The summed E-state index contributed by atoms with van der Waals surface area (Å²) in [6.45, 7) is 10.8. The molecule has 3 rings (SSSR count). The molecule has 0 aliphatic carbocycles. The number of likely N-dealkylation sites (N-methyl/N-ethyl adjacent to an activating group) is 1. The molecule has 3 atom stereocenters. The molecule has 3 unspecified atom stereocenters. The van der Waals surface area contributed by atoms with Gasteiger partial charge in [0.1, 0.15) is 0 Å². The number of sulfonamides is 1. The number of carbonyl (C=O) groups is 2.